The number of hydrogen-bond donors (Lipinski definition) is 2. The molecule has 1 aromatic heterocycles. The van der Waals surface area contributed by atoms with Crippen LogP contribution in [0.3, 0.4) is 0 Å². The van der Waals surface area contributed by atoms with E-state index in [2.05, 4.69) is 15.5 Å². The molecular formula is C12H10ClF4N5OS. The minimum Gasteiger partial charge on any atom is -0.335 e. The summed E-state index contributed by atoms with van der Waals surface area (Å²) in [6.07, 6.45) is -4.77. The third kappa shape index (κ3) is 4.09. The van der Waals surface area contributed by atoms with Crippen molar-refractivity contribution in [1.29, 1.82) is 0 Å². The van der Waals surface area contributed by atoms with Gasteiger partial charge in [0, 0.05) is 5.02 Å². The van der Waals surface area contributed by atoms with E-state index in [1.54, 1.807) is 0 Å². The number of amides is 1. The predicted octanol–water partition coefficient (Wildman–Crippen LogP) is 2.92. The summed E-state index contributed by atoms with van der Waals surface area (Å²) >= 11 is 6.25. The van der Waals surface area contributed by atoms with Crippen molar-refractivity contribution >= 4 is 35.0 Å². The summed E-state index contributed by atoms with van der Waals surface area (Å²) in [6.45, 7) is 1.40. The summed E-state index contributed by atoms with van der Waals surface area (Å²) in [5.74, 6) is 2.49. The molecule has 1 aromatic carbocycles. The molecule has 1 heterocycles. The minimum absolute atomic E-state index is 0.109. The maximum Gasteiger partial charge on any atom is 0.453 e. The second kappa shape index (κ2) is 6.85. The molecule has 2 rings (SSSR count). The molecule has 130 valence electrons. The highest BCUT2D eigenvalue weighted by atomic mass is 35.5. The number of carbonyl (C=O) groups is 1. The fraction of sp³-hybridized carbons (Fsp3) is 0.250. The molecule has 0 aliphatic rings. The highest BCUT2D eigenvalue weighted by Crippen LogP contribution is 2.30. The Morgan fingerprint density at radius 3 is 2.62 bits per heavy atom. The second-order valence-corrected chi connectivity index (χ2v) is 6.29. The van der Waals surface area contributed by atoms with Gasteiger partial charge in [-0.3, -0.25) is 4.79 Å². The van der Waals surface area contributed by atoms with E-state index in [-0.39, 0.29) is 20.5 Å². The van der Waals surface area contributed by atoms with Gasteiger partial charge < -0.3 is 11.2 Å². The van der Waals surface area contributed by atoms with E-state index in [1.807, 2.05) is 0 Å². The molecule has 0 fully saturated rings. The average molecular weight is 384 g/mol. The summed E-state index contributed by atoms with van der Waals surface area (Å²) in [4.78, 5) is 12.0. The van der Waals surface area contributed by atoms with Gasteiger partial charge in [0.1, 0.15) is 5.82 Å². The lowest BCUT2D eigenvalue weighted by atomic mass is 10.3. The van der Waals surface area contributed by atoms with Gasteiger partial charge in [-0.05, 0) is 25.1 Å². The number of nitrogens with two attached hydrogens (primary N) is 1. The highest BCUT2D eigenvalue weighted by molar-refractivity contribution is 8.00. The third-order valence-electron chi connectivity index (χ3n) is 2.76. The molecule has 6 nitrogen and oxygen atoms in total. The monoisotopic (exact) mass is 383 g/mol. The van der Waals surface area contributed by atoms with Crippen LogP contribution in [-0.4, -0.2) is 26.0 Å². The van der Waals surface area contributed by atoms with Crippen LogP contribution >= 0.6 is 23.4 Å². The molecule has 0 spiro atoms. The summed E-state index contributed by atoms with van der Waals surface area (Å²) in [6, 6.07) is 3.66. The van der Waals surface area contributed by atoms with Crippen LogP contribution in [0.1, 0.15) is 12.7 Å². The van der Waals surface area contributed by atoms with E-state index in [1.165, 1.54) is 19.1 Å². The third-order valence-corrected chi connectivity index (χ3v) is 4.05. The standard InChI is InChI=1S/C12H10ClF4N5OS/c1-5(9(23)19-8-3-2-6(13)4-7(8)14)24-11-21-20-10(22(11)18)12(15,16)17/h2-5H,18H2,1H3,(H,19,23). The Hall–Kier alpha value is -2.01. The van der Waals surface area contributed by atoms with Gasteiger partial charge in [-0.1, -0.05) is 23.4 Å². The largest absolute Gasteiger partial charge is 0.453 e. The molecule has 1 unspecified atom stereocenters. The van der Waals surface area contributed by atoms with Gasteiger partial charge >= 0.3 is 6.18 Å². The Morgan fingerprint density at radius 1 is 1.42 bits per heavy atom. The molecule has 0 aliphatic heterocycles. The number of nitrogen functional groups attached to an aromatic ring is 1. The van der Waals surface area contributed by atoms with Crippen molar-refractivity contribution in [2.24, 2.45) is 0 Å². The molecule has 3 N–H and O–H groups in total. The van der Waals surface area contributed by atoms with Crippen molar-refractivity contribution in [3.63, 3.8) is 0 Å². The Kier molecular flexibility index (Phi) is 5.23. The van der Waals surface area contributed by atoms with E-state index in [0.717, 1.165) is 6.07 Å². The normalized spacial score (nSPS) is 12.9. The van der Waals surface area contributed by atoms with Crippen molar-refractivity contribution in [3.8, 4) is 0 Å². The van der Waals surface area contributed by atoms with Crippen LogP contribution in [-0.2, 0) is 11.0 Å². The van der Waals surface area contributed by atoms with Crippen LogP contribution in [0, 0.1) is 5.82 Å². The molecule has 1 atom stereocenters. The van der Waals surface area contributed by atoms with Gasteiger partial charge in [-0.15, -0.1) is 10.2 Å². The number of hydrogen-bond acceptors (Lipinski definition) is 5. The lowest BCUT2D eigenvalue weighted by Crippen LogP contribution is -2.25. The maximum atomic E-state index is 13.6. The summed E-state index contributed by atoms with van der Waals surface area (Å²) < 4.78 is 51.6. The van der Waals surface area contributed by atoms with E-state index in [0.29, 0.717) is 11.8 Å². The average Bonchev–Trinajstić information content (AvgIpc) is 2.83. The van der Waals surface area contributed by atoms with Crippen molar-refractivity contribution in [2.45, 2.75) is 23.5 Å². The topological polar surface area (TPSA) is 85.8 Å². The second-order valence-electron chi connectivity index (χ2n) is 4.55. The number of thioether (sulfide) groups is 1. The first-order valence-electron chi connectivity index (χ1n) is 6.30. The predicted molar refractivity (Wildman–Crippen MR) is 80.5 cm³/mol. The van der Waals surface area contributed by atoms with E-state index < -0.39 is 29.0 Å². The lowest BCUT2D eigenvalue weighted by Gasteiger charge is -2.12. The molecule has 0 bridgehead atoms. The number of rotatable bonds is 4. The van der Waals surface area contributed by atoms with Gasteiger partial charge in [0.25, 0.3) is 5.82 Å². The van der Waals surface area contributed by atoms with Gasteiger partial charge in [0.15, 0.2) is 0 Å². The number of nitrogens with one attached hydrogen (secondary N) is 1. The van der Waals surface area contributed by atoms with Crippen LogP contribution < -0.4 is 11.2 Å². The Balaban J connectivity index is 2.08. The zero-order valence-electron chi connectivity index (χ0n) is 11.9. The fourth-order valence-electron chi connectivity index (χ4n) is 1.59. The SMILES string of the molecule is CC(Sc1nnc(C(F)(F)F)n1N)C(=O)Nc1ccc(Cl)cc1F. The van der Waals surface area contributed by atoms with Crippen LogP contribution in [0.25, 0.3) is 0 Å². The first kappa shape index (κ1) is 18.3. The van der Waals surface area contributed by atoms with Crippen LogP contribution in [0.4, 0.5) is 23.2 Å². The van der Waals surface area contributed by atoms with Crippen LogP contribution in [0.5, 0.6) is 0 Å². The van der Waals surface area contributed by atoms with Gasteiger partial charge in [0.05, 0.1) is 10.9 Å². The minimum atomic E-state index is -4.77. The van der Waals surface area contributed by atoms with Gasteiger partial charge in [-0.25, -0.2) is 9.07 Å². The molecule has 24 heavy (non-hydrogen) atoms. The van der Waals surface area contributed by atoms with Crippen molar-refractivity contribution < 1.29 is 22.4 Å². The van der Waals surface area contributed by atoms with Crippen molar-refractivity contribution in [1.82, 2.24) is 14.9 Å². The van der Waals surface area contributed by atoms with E-state index in [4.69, 9.17) is 17.4 Å². The van der Waals surface area contributed by atoms with E-state index >= 15 is 0 Å². The number of benzene rings is 1. The zero-order chi connectivity index (χ0) is 18.1. The maximum absolute atomic E-state index is 13.6. The van der Waals surface area contributed by atoms with Crippen molar-refractivity contribution in [3.05, 3.63) is 34.9 Å². The van der Waals surface area contributed by atoms with Gasteiger partial charge in [0.2, 0.25) is 11.1 Å². The quantitative estimate of drug-likeness (QED) is 0.481. The summed E-state index contributed by atoms with van der Waals surface area (Å²) in [7, 11) is 0. The number of anilines is 1. The molecule has 2 aromatic rings. The molecule has 0 aliphatic carbocycles. The molecule has 0 saturated carbocycles. The summed E-state index contributed by atoms with van der Waals surface area (Å²) in [5, 5.41) is 7.49. The zero-order valence-corrected chi connectivity index (χ0v) is 13.5. The molecule has 0 radical (unpaired) electrons. The Bertz CT molecular complexity index is 766. The first-order valence-corrected chi connectivity index (χ1v) is 7.55. The Morgan fingerprint density at radius 2 is 2.08 bits per heavy atom. The smallest absolute Gasteiger partial charge is 0.335 e. The van der Waals surface area contributed by atoms with E-state index in [9.17, 15) is 22.4 Å². The number of aromatic nitrogens is 3. The first-order chi connectivity index (χ1) is 11.1. The summed E-state index contributed by atoms with van der Waals surface area (Å²) in [5.41, 5.74) is -0.109. The molecule has 1 amide bonds. The number of nitrogens with zero attached hydrogens (tertiary/aromatic N) is 3. The van der Waals surface area contributed by atoms with Crippen LogP contribution in [0.2, 0.25) is 5.02 Å². The number of halogens is 5. The fourth-order valence-corrected chi connectivity index (χ4v) is 2.52. The number of carbonyl (C=O) groups excluding carboxylic acids is 1. The highest BCUT2D eigenvalue weighted by Gasteiger charge is 2.38. The van der Waals surface area contributed by atoms with Crippen molar-refractivity contribution in [2.75, 3.05) is 11.2 Å². The van der Waals surface area contributed by atoms with Crippen LogP contribution in [0.15, 0.2) is 23.4 Å². The molecule has 12 heteroatoms. The Labute approximate surface area is 142 Å². The lowest BCUT2D eigenvalue weighted by molar-refractivity contribution is -0.146. The molecular weight excluding hydrogens is 374 g/mol. The van der Waals surface area contributed by atoms with Gasteiger partial charge in [-0.2, -0.15) is 13.2 Å². The molecule has 0 saturated heterocycles. The number of alkyl halides is 3.